The van der Waals surface area contributed by atoms with E-state index < -0.39 is 6.10 Å². The van der Waals surface area contributed by atoms with Crippen LogP contribution in [-0.4, -0.2) is 41.4 Å². The summed E-state index contributed by atoms with van der Waals surface area (Å²) in [7, 11) is 0. The second-order valence-electron chi connectivity index (χ2n) is 5.71. The topological polar surface area (TPSA) is 32.7 Å². The van der Waals surface area contributed by atoms with Gasteiger partial charge >= 0.3 is 0 Å². The summed E-state index contributed by atoms with van der Waals surface area (Å²) in [5.74, 6) is 0. The van der Waals surface area contributed by atoms with Crippen LogP contribution in [0.3, 0.4) is 0 Å². The van der Waals surface area contributed by atoms with Gasteiger partial charge in [-0.1, -0.05) is 37.3 Å². The summed E-state index contributed by atoms with van der Waals surface area (Å²) in [5, 5.41) is 10.1. The number of ether oxygens (including phenoxy) is 1. The lowest BCUT2D eigenvalue weighted by Gasteiger charge is -2.30. The molecule has 0 saturated carbocycles. The van der Waals surface area contributed by atoms with Gasteiger partial charge in [-0.3, -0.25) is 4.90 Å². The van der Waals surface area contributed by atoms with Gasteiger partial charge in [0.25, 0.3) is 0 Å². The Morgan fingerprint density at radius 1 is 1.15 bits per heavy atom. The van der Waals surface area contributed by atoms with E-state index in [0.717, 1.165) is 13.0 Å². The normalized spacial score (nSPS) is 14.8. The van der Waals surface area contributed by atoms with Crippen molar-refractivity contribution < 1.29 is 9.84 Å². The van der Waals surface area contributed by atoms with E-state index in [9.17, 15) is 5.11 Å². The first-order valence-electron chi connectivity index (χ1n) is 7.60. The van der Waals surface area contributed by atoms with Gasteiger partial charge in [0.2, 0.25) is 0 Å². The van der Waals surface area contributed by atoms with E-state index in [1.54, 1.807) is 0 Å². The molecule has 0 saturated heterocycles. The number of rotatable bonds is 9. The Kier molecular flexibility index (Phi) is 7.82. The standard InChI is InChI=1S/C17H29NO2/c1-5-15(4)18(11-16-9-7-6-8-10-16)12-17(19)13-20-14(2)3/h6-10,14-15,17,19H,5,11-13H2,1-4H3/t15-,17-/m0/s1. The first-order valence-corrected chi connectivity index (χ1v) is 7.60. The minimum atomic E-state index is -0.435. The van der Waals surface area contributed by atoms with Gasteiger partial charge in [-0.25, -0.2) is 0 Å². The SMILES string of the molecule is CC[C@H](C)N(Cc1ccccc1)C[C@H](O)COC(C)C. The van der Waals surface area contributed by atoms with Crippen LogP contribution in [0.15, 0.2) is 30.3 Å². The van der Waals surface area contributed by atoms with E-state index in [-0.39, 0.29) is 6.10 Å². The Labute approximate surface area is 123 Å². The smallest absolute Gasteiger partial charge is 0.0900 e. The maximum absolute atomic E-state index is 10.1. The third-order valence-electron chi connectivity index (χ3n) is 3.51. The number of aliphatic hydroxyl groups excluding tert-OH is 1. The molecule has 0 heterocycles. The van der Waals surface area contributed by atoms with Crippen LogP contribution in [0.4, 0.5) is 0 Å². The number of benzene rings is 1. The molecule has 0 amide bonds. The highest BCUT2D eigenvalue weighted by atomic mass is 16.5. The molecule has 2 atom stereocenters. The van der Waals surface area contributed by atoms with E-state index in [1.165, 1.54) is 5.56 Å². The minimum Gasteiger partial charge on any atom is -0.389 e. The van der Waals surface area contributed by atoms with Crippen LogP contribution in [0.2, 0.25) is 0 Å². The molecule has 0 aliphatic heterocycles. The van der Waals surface area contributed by atoms with Crippen LogP contribution in [0, 0.1) is 0 Å². The molecule has 0 unspecified atom stereocenters. The summed E-state index contributed by atoms with van der Waals surface area (Å²) in [4.78, 5) is 2.32. The molecule has 1 N–H and O–H groups in total. The second kappa shape index (κ2) is 9.11. The molecule has 1 aromatic rings. The highest BCUT2D eigenvalue weighted by Crippen LogP contribution is 2.11. The Morgan fingerprint density at radius 3 is 2.35 bits per heavy atom. The molecule has 20 heavy (non-hydrogen) atoms. The van der Waals surface area contributed by atoms with Gasteiger partial charge in [0.1, 0.15) is 0 Å². The maximum atomic E-state index is 10.1. The van der Waals surface area contributed by atoms with Crippen LogP contribution < -0.4 is 0 Å². The summed E-state index contributed by atoms with van der Waals surface area (Å²) >= 11 is 0. The zero-order valence-electron chi connectivity index (χ0n) is 13.2. The van der Waals surface area contributed by atoms with Gasteiger partial charge in [0, 0.05) is 19.1 Å². The number of hydrogen-bond acceptors (Lipinski definition) is 3. The first-order chi connectivity index (χ1) is 9.52. The van der Waals surface area contributed by atoms with Crippen LogP contribution in [0.1, 0.15) is 39.7 Å². The molecular formula is C17H29NO2. The molecule has 0 bridgehead atoms. The predicted molar refractivity (Wildman–Crippen MR) is 83.7 cm³/mol. The molecule has 0 spiro atoms. The van der Waals surface area contributed by atoms with Crippen molar-refractivity contribution in [2.24, 2.45) is 0 Å². The van der Waals surface area contributed by atoms with Crippen molar-refractivity contribution in [3.63, 3.8) is 0 Å². The van der Waals surface area contributed by atoms with Crippen molar-refractivity contribution in [3.8, 4) is 0 Å². The predicted octanol–water partition coefficient (Wildman–Crippen LogP) is 3.07. The molecular weight excluding hydrogens is 250 g/mol. The molecule has 0 aromatic heterocycles. The van der Waals surface area contributed by atoms with E-state index in [0.29, 0.717) is 19.2 Å². The third kappa shape index (κ3) is 6.51. The average Bonchev–Trinajstić information content (AvgIpc) is 2.44. The monoisotopic (exact) mass is 279 g/mol. The van der Waals surface area contributed by atoms with E-state index in [2.05, 4.69) is 43.0 Å². The van der Waals surface area contributed by atoms with Gasteiger partial charge < -0.3 is 9.84 Å². The van der Waals surface area contributed by atoms with Crippen LogP contribution in [0.25, 0.3) is 0 Å². The molecule has 0 aliphatic rings. The maximum Gasteiger partial charge on any atom is 0.0900 e. The zero-order chi connectivity index (χ0) is 15.0. The Morgan fingerprint density at radius 2 is 1.80 bits per heavy atom. The molecule has 1 rings (SSSR count). The van der Waals surface area contributed by atoms with Gasteiger partial charge in [0.05, 0.1) is 18.8 Å². The first kappa shape index (κ1) is 17.2. The van der Waals surface area contributed by atoms with E-state index >= 15 is 0 Å². The molecule has 0 radical (unpaired) electrons. The van der Waals surface area contributed by atoms with Crippen molar-refractivity contribution in [2.75, 3.05) is 13.2 Å². The fourth-order valence-electron chi connectivity index (χ4n) is 2.10. The second-order valence-corrected chi connectivity index (χ2v) is 5.71. The van der Waals surface area contributed by atoms with Gasteiger partial charge in [-0.05, 0) is 32.8 Å². The number of hydrogen-bond donors (Lipinski definition) is 1. The molecule has 0 fully saturated rings. The molecule has 0 aliphatic carbocycles. The minimum absolute atomic E-state index is 0.163. The zero-order valence-corrected chi connectivity index (χ0v) is 13.2. The summed E-state index contributed by atoms with van der Waals surface area (Å²) in [5.41, 5.74) is 1.28. The molecule has 3 heteroatoms. The highest BCUT2D eigenvalue weighted by Gasteiger charge is 2.17. The summed E-state index contributed by atoms with van der Waals surface area (Å²) in [6.07, 6.45) is 0.802. The Balaban J connectivity index is 2.56. The summed E-state index contributed by atoms with van der Waals surface area (Å²) < 4.78 is 5.49. The van der Waals surface area contributed by atoms with Gasteiger partial charge in [-0.15, -0.1) is 0 Å². The lowest BCUT2D eigenvalue weighted by molar-refractivity contribution is -0.0149. The van der Waals surface area contributed by atoms with Crippen molar-refractivity contribution in [1.29, 1.82) is 0 Å². The summed E-state index contributed by atoms with van der Waals surface area (Å²) in [6, 6.07) is 10.9. The van der Waals surface area contributed by atoms with Crippen LogP contribution in [-0.2, 0) is 11.3 Å². The van der Waals surface area contributed by atoms with E-state index in [4.69, 9.17) is 4.74 Å². The molecule has 1 aromatic carbocycles. The van der Waals surface area contributed by atoms with Gasteiger partial charge in [-0.2, -0.15) is 0 Å². The average molecular weight is 279 g/mol. The van der Waals surface area contributed by atoms with Crippen molar-refractivity contribution in [2.45, 2.75) is 58.9 Å². The number of nitrogens with zero attached hydrogens (tertiary/aromatic N) is 1. The lowest BCUT2D eigenvalue weighted by atomic mass is 10.1. The van der Waals surface area contributed by atoms with Crippen LogP contribution >= 0.6 is 0 Å². The van der Waals surface area contributed by atoms with Crippen molar-refractivity contribution >= 4 is 0 Å². The Bertz CT molecular complexity index is 353. The largest absolute Gasteiger partial charge is 0.389 e. The lowest BCUT2D eigenvalue weighted by Crippen LogP contribution is -2.40. The third-order valence-corrected chi connectivity index (χ3v) is 3.51. The highest BCUT2D eigenvalue weighted by molar-refractivity contribution is 5.14. The molecule has 3 nitrogen and oxygen atoms in total. The Hall–Kier alpha value is -0.900. The fourth-order valence-corrected chi connectivity index (χ4v) is 2.10. The quantitative estimate of drug-likeness (QED) is 0.754. The van der Waals surface area contributed by atoms with Crippen molar-refractivity contribution in [1.82, 2.24) is 4.90 Å². The number of aliphatic hydroxyl groups is 1. The fraction of sp³-hybridized carbons (Fsp3) is 0.647. The van der Waals surface area contributed by atoms with E-state index in [1.807, 2.05) is 19.9 Å². The molecule has 114 valence electrons. The summed E-state index contributed by atoms with van der Waals surface area (Å²) in [6.45, 7) is 10.3. The van der Waals surface area contributed by atoms with Gasteiger partial charge in [0.15, 0.2) is 0 Å². The van der Waals surface area contributed by atoms with Crippen LogP contribution in [0.5, 0.6) is 0 Å². The van der Waals surface area contributed by atoms with Crippen molar-refractivity contribution in [3.05, 3.63) is 35.9 Å².